The first kappa shape index (κ1) is 14.3. The largest absolute Gasteiger partial charge is 0.391 e. The van der Waals surface area contributed by atoms with E-state index in [1.807, 2.05) is 0 Å². The van der Waals surface area contributed by atoms with Crippen LogP contribution in [0.3, 0.4) is 0 Å². The first-order valence-electron chi connectivity index (χ1n) is 6.35. The highest BCUT2D eigenvalue weighted by atomic mass is 16.2. The molecule has 102 valence electrons. The summed E-state index contributed by atoms with van der Waals surface area (Å²) in [5.74, 6) is 0.0345. The number of aromatic nitrogens is 2. The second-order valence-electron chi connectivity index (χ2n) is 4.51. The number of rotatable bonds is 6. The Morgan fingerprint density at radius 2 is 1.67 bits per heavy atom. The molecule has 4 N–H and O–H groups in total. The fourth-order valence-corrected chi connectivity index (χ4v) is 1.88. The van der Waals surface area contributed by atoms with Crippen molar-refractivity contribution in [2.45, 2.75) is 45.6 Å². The summed E-state index contributed by atoms with van der Waals surface area (Å²) in [4.78, 5) is 23.7. The quantitative estimate of drug-likeness (QED) is 0.730. The van der Waals surface area contributed by atoms with Gasteiger partial charge in [-0.05, 0) is 6.42 Å². The number of hydrogen-bond acceptors (Lipinski definition) is 4. The highest BCUT2D eigenvalue weighted by Gasteiger charge is 2.11. The van der Waals surface area contributed by atoms with Crippen molar-refractivity contribution in [3.63, 3.8) is 0 Å². The van der Waals surface area contributed by atoms with E-state index in [0.29, 0.717) is 6.54 Å². The van der Waals surface area contributed by atoms with Crippen molar-refractivity contribution in [3.05, 3.63) is 20.8 Å². The van der Waals surface area contributed by atoms with Crippen LogP contribution in [0.5, 0.6) is 0 Å². The van der Waals surface area contributed by atoms with E-state index in [1.54, 1.807) is 0 Å². The van der Waals surface area contributed by atoms with Crippen molar-refractivity contribution in [2.75, 3.05) is 11.5 Å². The van der Waals surface area contributed by atoms with Crippen LogP contribution in [0.25, 0.3) is 0 Å². The van der Waals surface area contributed by atoms with E-state index in [9.17, 15) is 9.59 Å². The van der Waals surface area contributed by atoms with Crippen LogP contribution in [0.15, 0.2) is 9.59 Å². The van der Waals surface area contributed by atoms with Gasteiger partial charge in [0, 0.05) is 13.6 Å². The summed E-state index contributed by atoms with van der Waals surface area (Å²) < 4.78 is 2.38. The van der Waals surface area contributed by atoms with Gasteiger partial charge in [0.1, 0.15) is 11.5 Å². The smallest absolute Gasteiger partial charge is 0.332 e. The van der Waals surface area contributed by atoms with Crippen molar-refractivity contribution in [1.29, 1.82) is 0 Å². The van der Waals surface area contributed by atoms with Crippen molar-refractivity contribution in [2.24, 2.45) is 7.05 Å². The standard InChI is InChI=1S/C12H22N4O2/c1-3-4-5-6-7-8-16-11(17)9(13)10(14)15(2)12(16)18/h3-8,13-14H2,1-2H3. The maximum Gasteiger partial charge on any atom is 0.332 e. The lowest BCUT2D eigenvalue weighted by molar-refractivity contribution is 0.529. The van der Waals surface area contributed by atoms with Gasteiger partial charge in [-0.25, -0.2) is 4.79 Å². The molecule has 0 radical (unpaired) electrons. The van der Waals surface area contributed by atoms with E-state index in [-0.39, 0.29) is 11.5 Å². The van der Waals surface area contributed by atoms with Crippen LogP contribution >= 0.6 is 0 Å². The molecule has 0 bridgehead atoms. The Bertz CT molecular complexity index is 479. The monoisotopic (exact) mass is 254 g/mol. The number of unbranched alkanes of at least 4 members (excludes halogenated alkanes) is 4. The molecule has 1 aromatic rings. The van der Waals surface area contributed by atoms with E-state index in [0.717, 1.165) is 30.3 Å². The fraction of sp³-hybridized carbons (Fsp3) is 0.667. The summed E-state index contributed by atoms with van der Waals surface area (Å²) >= 11 is 0. The van der Waals surface area contributed by atoms with Crippen LogP contribution in [0, 0.1) is 0 Å². The molecule has 0 atom stereocenters. The molecule has 0 saturated carbocycles. The predicted octanol–water partition coefficient (Wildman–Crippen LogP) is 0.682. The zero-order valence-corrected chi connectivity index (χ0v) is 11.1. The molecule has 0 aliphatic heterocycles. The molecule has 1 rings (SSSR count). The zero-order chi connectivity index (χ0) is 13.7. The molecule has 0 aromatic carbocycles. The van der Waals surface area contributed by atoms with E-state index < -0.39 is 11.2 Å². The third-order valence-corrected chi connectivity index (χ3v) is 3.12. The Balaban J connectivity index is 2.84. The first-order valence-corrected chi connectivity index (χ1v) is 6.35. The SMILES string of the molecule is CCCCCCCn1c(=O)c(N)c(N)n(C)c1=O. The van der Waals surface area contributed by atoms with E-state index >= 15 is 0 Å². The molecular weight excluding hydrogens is 232 g/mol. The highest BCUT2D eigenvalue weighted by Crippen LogP contribution is 2.05. The van der Waals surface area contributed by atoms with Crippen LogP contribution < -0.4 is 22.7 Å². The van der Waals surface area contributed by atoms with Gasteiger partial charge in [0.05, 0.1) is 0 Å². The van der Waals surface area contributed by atoms with Crippen molar-refractivity contribution in [3.8, 4) is 0 Å². The Labute approximate surface area is 106 Å². The third-order valence-electron chi connectivity index (χ3n) is 3.12. The number of anilines is 2. The van der Waals surface area contributed by atoms with Gasteiger partial charge < -0.3 is 11.5 Å². The molecule has 0 unspecified atom stereocenters. The molecule has 0 amide bonds. The van der Waals surface area contributed by atoms with Crippen molar-refractivity contribution < 1.29 is 0 Å². The van der Waals surface area contributed by atoms with E-state index in [1.165, 1.54) is 18.0 Å². The minimum absolute atomic E-state index is 0.0345. The lowest BCUT2D eigenvalue weighted by Crippen LogP contribution is -2.41. The average Bonchev–Trinajstić information content (AvgIpc) is 2.37. The molecule has 18 heavy (non-hydrogen) atoms. The maximum absolute atomic E-state index is 11.9. The van der Waals surface area contributed by atoms with Crippen LogP contribution in [0.2, 0.25) is 0 Å². The van der Waals surface area contributed by atoms with Crippen molar-refractivity contribution >= 4 is 11.5 Å². The van der Waals surface area contributed by atoms with Gasteiger partial charge in [-0.3, -0.25) is 13.9 Å². The van der Waals surface area contributed by atoms with Crippen LogP contribution in [0.1, 0.15) is 39.0 Å². The molecule has 0 saturated heterocycles. The first-order chi connectivity index (χ1) is 8.50. The summed E-state index contributed by atoms with van der Waals surface area (Å²) in [5, 5.41) is 0. The molecular formula is C12H22N4O2. The molecule has 6 nitrogen and oxygen atoms in total. The van der Waals surface area contributed by atoms with Gasteiger partial charge in [-0.15, -0.1) is 0 Å². The van der Waals surface area contributed by atoms with Gasteiger partial charge in [-0.2, -0.15) is 0 Å². The van der Waals surface area contributed by atoms with Gasteiger partial charge in [0.2, 0.25) is 0 Å². The number of nitrogen functional groups attached to an aromatic ring is 2. The third kappa shape index (κ3) is 2.94. The Kier molecular flexibility index (Phi) is 5.00. The topological polar surface area (TPSA) is 96.0 Å². The van der Waals surface area contributed by atoms with Gasteiger partial charge in [-0.1, -0.05) is 32.6 Å². The van der Waals surface area contributed by atoms with Gasteiger partial charge in [0.15, 0.2) is 0 Å². The maximum atomic E-state index is 11.9. The van der Waals surface area contributed by atoms with Crippen molar-refractivity contribution in [1.82, 2.24) is 9.13 Å². The highest BCUT2D eigenvalue weighted by molar-refractivity contribution is 5.56. The normalized spacial score (nSPS) is 10.8. The molecule has 1 aromatic heterocycles. The van der Waals surface area contributed by atoms with Gasteiger partial charge >= 0.3 is 5.69 Å². The summed E-state index contributed by atoms with van der Waals surface area (Å²) in [6.07, 6.45) is 5.27. The summed E-state index contributed by atoms with van der Waals surface area (Å²) in [6, 6.07) is 0. The predicted molar refractivity (Wildman–Crippen MR) is 73.5 cm³/mol. The Morgan fingerprint density at radius 1 is 1.06 bits per heavy atom. The molecule has 6 heteroatoms. The lowest BCUT2D eigenvalue weighted by Gasteiger charge is -2.11. The second-order valence-corrected chi connectivity index (χ2v) is 4.51. The summed E-state index contributed by atoms with van der Waals surface area (Å²) in [7, 11) is 1.51. The molecule has 0 spiro atoms. The molecule has 0 fully saturated rings. The Morgan fingerprint density at radius 3 is 2.28 bits per heavy atom. The molecule has 1 heterocycles. The van der Waals surface area contributed by atoms with Crippen LogP contribution in [0.4, 0.5) is 11.5 Å². The number of nitrogens with two attached hydrogens (primary N) is 2. The second kappa shape index (κ2) is 6.28. The fourth-order valence-electron chi connectivity index (χ4n) is 1.88. The number of nitrogens with zero attached hydrogens (tertiary/aromatic N) is 2. The number of hydrogen-bond donors (Lipinski definition) is 2. The van der Waals surface area contributed by atoms with E-state index in [4.69, 9.17) is 11.5 Å². The molecule has 0 aliphatic rings. The molecule has 0 aliphatic carbocycles. The minimum Gasteiger partial charge on any atom is -0.391 e. The minimum atomic E-state index is -0.480. The van der Waals surface area contributed by atoms with E-state index in [2.05, 4.69) is 6.92 Å². The van der Waals surface area contributed by atoms with Gasteiger partial charge in [0.25, 0.3) is 5.56 Å². The average molecular weight is 254 g/mol. The van der Waals surface area contributed by atoms with Crippen LogP contribution in [-0.2, 0) is 13.6 Å². The summed E-state index contributed by atoms with van der Waals surface area (Å²) in [5.41, 5.74) is 10.2. The Hall–Kier alpha value is -1.72. The van der Waals surface area contributed by atoms with Crippen LogP contribution in [-0.4, -0.2) is 9.13 Å². The lowest BCUT2D eigenvalue weighted by atomic mass is 10.1. The zero-order valence-electron chi connectivity index (χ0n) is 11.1. The summed E-state index contributed by atoms with van der Waals surface area (Å²) in [6.45, 7) is 2.54.